The first-order valence-corrected chi connectivity index (χ1v) is 20.0. The molecule has 292 valence electrons. The van der Waals surface area contributed by atoms with Crippen LogP contribution in [0, 0.1) is 23.7 Å². The van der Waals surface area contributed by atoms with E-state index in [2.05, 4.69) is 42.5 Å². The molecule has 15 heteroatoms. The summed E-state index contributed by atoms with van der Waals surface area (Å²) in [7, 11) is 0. The summed E-state index contributed by atoms with van der Waals surface area (Å²) in [6, 6.07) is 13.9. The van der Waals surface area contributed by atoms with E-state index in [0.29, 0.717) is 59.7 Å². The number of anilines is 3. The molecule has 3 aromatic rings. The quantitative estimate of drug-likeness (QED) is 0.303. The van der Waals surface area contributed by atoms with Crippen LogP contribution in [0.15, 0.2) is 48.5 Å². The van der Waals surface area contributed by atoms with Crippen molar-refractivity contribution in [3.05, 3.63) is 59.7 Å². The van der Waals surface area contributed by atoms with E-state index in [9.17, 15) is 24.3 Å². The lowest BCUT2D eigenvalue weighted by atomic mass is 9.93. The first-order valence-electron chi connectivity index (χ1n) is 20.0. The number of benzene rings is 2. The minimum atomic E-state index is -1.02. The van der Waals surface area contributed by atoms with Gasteiger partial charge in [-0.2, -0.15) is 0 Å². The zero-order valence-corrected chi connectivity index (χ0v) is 31.3. The van der Waals surface area contributed by atoms with Gasteiger partial charge in [-0.05, 0) is 73.9 Å². The molecule has 4 saturated heterocycles. The van der Waals surface area contributed by atoms with Gasteiger partial charge in [-0.3, -0.25) is 34.3 Å². The number of piperidine rings is 3. The lowest BCUT2D eigenvalue weighted by molar-refractivity contribution is -0.136. The van der Waals surface area contributed by atoms with E-state index >= 15 is 4.39 Å². The summed E-state index contributed by atoms with van der Waals surface area (Å²) >= 11 is 0. The number of hydrogen-bond donors (Lipinski definition) is 3. The van der Waals surface area contributed by atoms with Gasteiger partial charge in [0, 0.05) is 88.5 Å². The molecular formula is C41H46FN9O5. The minimum absolute atomic E-state index is 0.0614. The molecule has 10 rings (SSSR count). The Hall–Kier alpha value is -5.15. The molecule has 2 aromatic carbocycles. The van der Waals surface area contributed by atoms with Crippen molar-refractivity contribution in [3.8, 4) is 17.0 Å². The van der Waals surface area contributed by atoms with Gasteiger partial charge in [0.2, 0.25) is 11.8 Å². The number of aromatic hydroxyl groups is 1. The van der Waals surface area contributed by atoms with E-state index in [4.69, 9.17) is 0 Å². The van der Waals surface area contributed by atoms with Crippen LogP contribution in [0.4, 0.5) is 21.6 Å². The molecule has 1 aliphatic carbocycles. The third kappa shape index (κ3) is 5.97. The Kier molecular flexibility index (Phi) is 8.51. The molecule has 0 spiro atoms. The van der Waals surface area contributed by atoms with Crippen LogP contribution in [-0.4, -0.2) is 137 Å². The highest BCUT2D eigenvalue weighted by Crippen LogP contribution is 2.53. The molecule has 14 nitrogen and oxygen atoms in total. The van der Waals surface area contributed by atoms with Crippen molar-refractivity contribution in [1.29, 1.82) is 0 Å². The summed E-state index contributed by atoms with van der Waals surface area (Å²) in [4.78, 5) is 61.0. The Morgan fingerprint density at radius 2 is 1.68 bits per heavy atom. The summed E-state index contributed by atoms with van der Waals surface area (Å²) in [5, 5.41) is 25.0. The molecular weight excluding hydrogens is 718 g/mol. The molecule has 8 atom stereocenters. The van der Waals surface area contributed by atoms with Crippen LogP contribution in [0.2, 0.25) is 0 Å². The van der Waals surface area contributed by atoms with E-state index in [1.54, 1.807) is 30.3 Å². The Balaban J connectivity index is 0.712. The number of imide groups is 2. The fourth-order valence-corrected chi connectivity index (χ4v) is 10.4. The molecule has 1 unspecified atom stereocenters. The molecule has 7 aliphatic rings. The smallest absolute Gasteiger partial charge is 0.262 e. The number of amides is 4. The van der Waals surface area contributed by atoms with E-state index in [1.165, 1.54) is 0 Å². The van der Waals surface area contributed by atoms with Crippen LogP contribution < -0.4 is 20.4 Å². The number of likely N-dealkylation sites (tertiary alicyclic amines) is 1. The molecule has 0 bridgehead atoms. The number of hydrogen-bond acceptors (Lipinski definition) is 12. The fraction of sp³-hybridized carbons (Fsp3) is 0.512. The molecule has 7 heterocycles. The number of nitrogens with zero attached hydrogens (tertiary/aromatic N) is 7. The number of phenols is 1. The summed E-state index contributed by atoms with van der Waals surface area (Å²) < 4.78 is 15.8. The van der Waals surface area contributed by atoms with Crippen LogP contribution in [-0.2, 0) is 9.59 Å². The van der Waals surface area contributed by atoms with Crippen LogP contribution in [0.3, 0.4) is 0 Å². The summed E-state index contributed by atoms with van der Waals surface area (Å²) in [5.41, 5.74) is 3.51. The zero-order chi connectivity index (χ0) is 38.4. The number of phenolic OH excluding ortho intramolecular Hbond substituents is 1. The molecule has 4 amide bonds. The Morgan fingerprint density at radius 1 is 0.875 bits per heavy atom. The van der Waals surface area contributed by atoms with E-state index in [0.717, 1.165) is 62.2 Å². The van der Waals surface area contributed by atoms with Gasteiger partial charge < -0.3 is 25.1 Å². The molecule has 56 heavy (non-hydrogen) atoms. The van der Waals surface area contributed by atoms with Crippen molar-refractivity contribution in [2.24, 2.45) is 23.7 Å². The summed E-state index contributed by atoms with van der Waals surface area (Å²) in [6.45, 7) is 9.74. The largest absolute Gasteiger partial charge is 0.507 e. The second-order valence-corrected chi connectivity index (χ2v) is 16.9. The normalized spacial score (nSPS) is 31.4. The maximum Gasteiger partial charge on any atom is 0.262 e. The third-order valence-corrected chi connectivity index (χ3v) is 13.6. The van der Waals surface area contributed by atoms with Gasteiger partial charge in [-0.1, -0.05) is 12.1 Å². The number of halogens is 1. The average molecular weight is 764 g/mol. The van der Waals surface area contributed by atoms with Crippen molar-refractivity contribution < 1.29 is 28.7 Å². The molecule has 5 fully saturated rings. The molecule has 3 N–H and O–H groups in total. The highest BCUT2D eigenvalue weighted by molar-refractivity contribution is 6.23. The Labute approximate surface area is 324 Å². The monoisotopic (exact) mass is 763 g/mol. The molecule has 6 aliphatic heterocycles. The predicted molar refractivity (Wildman–Crippen MR) is 205 cm³/mol. The first kappa shape index (κ1) is 35.3. The van der Waals surface area contributed by atoms with Gasteiger partial charge in [0.05, 0.1) is 28.6 Å². The van der Waals surface area contributed by atoms with Crippen molar-refractivity contribution in [3.63, 3.8) is 0 Å². The number of fused-ring (bicyclic) bond motifs is 5. The number of carbonyl (C=O) groups is 4. The van der Waals surface area contributed by atoms with Crippen LogP contribution in [0.5, 0.6) is 5.75 Å². The number of carbonyl (C=O) groups excluding carboxylic acids is 4. The highest BCUT2D eigenvalue weighted by atomic mass is 19.1. The van der Waals surface area contributed by atoms with E-state index in [-0.39, 0.29) is 42.2 Å². The second kappa shape index (κ2) is 13.5. The Bertz CT molecular complexity index is 2120. The first-order chi connectivity index (χ1) is 27.1. The minimum Gasteiger partial charge on any atom is -0.507 e. The van der Waals surface area contributed by atoms with Gasteiger partial charge >= 0.3 is 0 Å². The summed E-state index contributed by atoms with van der Waals surface area (Å²) in [5.74, 6) is 0.763. The standard InChI is InChI=1S/C41H46FN9O5/c1-22-15-50-25(14-43-38-35(50)13-33(45-46-38)27-4-2-3-5-36(27)52)17-49(22)20-31-29-18-47(19-30(29)31)16-23-10-11-48(21-32(23)42)24-6-7-26-28(12-24)41(56)51(40(26)55)34-8-9-37(53)44-39(34)54/h2-7,12-13,22-23,25,29-32,34,52H,8-11,14-21H2,1H3,(H,43,46)(H,44,53,54)/t22-,23+,25-,29-,30+,31+,32-,34?/m0/s1. The second-order valence-electron chi connectivity index (χ2n) is 16.9. The maximum atomic E-state index is 15.8. The number of nitrogens with one attached hydrogen (secondary N) is 2. The zero-order valence-electron chi connectivity index (χ0n) is 31.3. The third-order valence-electron chi connectivity index (χ3n) is 13.6. The van der Waals surface area contributed by atoms with Crippen molar-refractivity contribution in [2.45, 2.75) is 50.5 Å². The topological polar surface area (TPSA) is 155 Å². The SMILES string of the molecule is C[C@H]1CN2c3cc(-c4ccccc4O)nnc3NC[C@H]2CN1C[C@H]1[C@@H]2CN(C[C@H]3CCN(c4ccc5c(c4)C(=O)N(C4CCC(=O)NC4=O)C5=O)C[C@@H]3F)C[C@@H]21. The number of para-hydroxylation sites is 1. The van der Waals surface area contributed by atoms with Gasteiger partial charge in [-0.15, -0.1) is 10.2 Å². The highest BCUT2D eigenvalue weighted by Gasteiger charge is 2.56. The van der Waals surface area contributed by atoms with Gasteiger partial charge in [0.15, 0.2) is 5.82 Å². The van der Waals surface area contributed by atoms with Crippen molar-refractivity contribution >= 4 is 40.8 Å². The van der Waals surface area contributed by atoms with Crippen LogP contribution >= 0.6 is 0 Å². The average Bonchev–Trinajstić information content (AvgIpc) is 3.50. The van der Waals surface area contributed by atoms with E-state index < -0.39 is 35.8 Å². The van der Waals surface area contributed by atoms with Gasteiger partial charge in [-0.25, -0.2) is 4.39 Å². The van der Waals surface area contributed by atoms with Gasteiger partial charge in [0.25, 0.3) is 11.8 Å². The lowest BCUT2D eigenvalue weighted by Gasteiger charge is -2.49. The predicted octanol–water partition coefficient (Wildman–Crippen LogP) is 2.60. The number of alkyl halides is 1. The fourth-order valence-electron chi connectivity index (χ4n) is 10.4. The maximum absolute atomic E-state index is 15.8. The number of piperazine rings is 1. The molecule has 1 aromatic heterocycles. The number of rotatable bonds is 7. The van der Waals surface area contributed by atoms with Crippen molar-refractivity contribution in [2.75, 3.05) is 74.0 Å². The Morgan fingerprint density at radius 3 is 2.46 bits per heavy atom. The summed E-state index contributed by atoms with van der Waals surface area (Å²) in [6.07, 6.45) is -0.155. The molecule has 0 radical (unpaired) electrons. The van der Waals surface area contributed by atoms with Crippen LogP contribution in [0.1, 0.15) is 46.9 Å². The van der Waals surface area contributed by atoms with Crippen LogP contribution in [0.25, 0.3) is 11.3 Å². The number of aromatic nitrogens is 2. The van der Waals surface area contributed by atoms with Crippen molar-refractivity contribution in [1.82, 2.24) is 30.2 Å². The lowest BCUT2D eigenvalue weighted by Crippen LogP contribution is -2.61. The van der Waals surface area contributed by atoms with Gasteiger partial charge in [0.1, 0.15) is 18.0 Å². The molecule has 1 saturated carbocycles. The van der Waals surface area contributed by atoms with E-state index in [1.807, 2.05) is 23.1 Å².